The third-order valence-corrected chi connectivity index (χ3v) is 3.83. The number of benzene rings is 1. The number of guanidine groups is 1. The first kappa shape index (κ1) is 16.3. The second-order valence-electron chi connectivity index (χ2n) is 5.28. The normalized spacial score (nSPS) is 11.7. The molecule has 2 heterocycles. The van der Waals surface area contributed by atoms with Crippen molar-refractivity contribution in [3.8, 4) is 0 Å². The summed E-state index contributed by atoms with van der Waals surface area (Å²) in [6.07, 6.45) is 2.72. The first-order chi connectivity index (χ1) is 11.8. The van der Waals surface area contributed by atoms with Crippen LogP contribution in [0.2, 0.25) is 5.02 Å². The highest BCUT2D eigenvalue weighted by Crippen LogP contribution is 2.10. The molecule has 3 rings (SSSR count). The summed E-state index contributed by atoms with van der Waals surface area (Å²) in [4.78, 5) is 4.23. The van der Waals surface area contributed by atoms with Crippen molar-refractivity contribution in [2.24, 2.45) is 4.99 Å². The van der Waals surface area contributed by atoms with Crippen LogP contribution in [0, 0.1) is 0 Å². The minimum atomic E-state index is 0.661. The fraction of sp³-hybridized carbons (Fsp3) is 0.235. The molecule has 0 aliphatic carbocycles. The van der Waals surface area contributed by atoms with E-state index < -0.39 is 0 Å². The molecule has 124 valence electrons. The highest BCUT2D eigenvalue weighted by Gasteiger charge is 2.05. The molecule has 0 unspecified atom stereocenters. The third-order valence-electron chi connectivity index (χ3n) is 3.60. The topological polar surface area (TPSA) is 66.6 Å². The van der Waals surface area contributed by atoms with Crippen LogP contribution in [0.15, 0.2) is 53.7 Å². The Morgan fingerprint density at radius 1 is 1.17 bits per heavy atom. The lowest BCUT2D eigenvalue weighted by molar-refractivity contribution is 0.761. The van der Waals surface area contributed by atoms with Crippen LogP contribution in [0.1, 0.15) is 11.4 Å². The number of hydrogen-bond acceptors (Lipinski definition) is 3. The van der Waals surface area contributed by atoms with Gasteiger partial charge in [0.25, 0.3) is 0 Å². The summed E-state index contributed by atoms with van der Waals surface area (Å²) in [7, 11) is 1.75. The SMILES string of the molecule is CN=C(NCCc1nnc2ccccn12)NCc1cccc(Cl)c1. The molecule has 0 fully saturated rings. The first-order valence-corrected chi connectivity index (χ1v) is 8.11. The van der Waals surface area contributed by atoms with Gasteiger partial charge in [-0.25, -0.2) is 0 Å². The van der Waals surface area contributed by atoms with E-state index in [2.05, 4.69) is 25.8 Å². The van der Waals surface area contributed by atoms with Gasteiger partial charge in [0.1, 0.15) is 5.82 Å². The number of fused-ring (bicyclic) bond motifs is 1. The van der Waals surface area contributed by atoms with Crippen molar-refractivity contribution in [2.75, 3.05) is 13.6 Å². The summed E-state index contributed by atoms with van der Waals surface area (Å²) >= 11 is 5.99. The van der Waals surface area contributed by atoms with Crippen LogP contribution in [0.5, 0.6) is 0 Å². The molecule has 0 aliphatic rings. The van der Waals surface area contributed by atoms with Gasteiger partial charge in [0.2, 0.25) is 0 Å². The number of rotatable bonds is 5. The van der Waals surface area contributed by atoms with Crippen molar-refractivity contribution in [2.45, 2.75) is 13.0 Å². The van der Waals surface area contributed by atoms with Crippen molar-refractivity contribution in [3.63, 3.8) is 0 Å². The maximum atomic E-state index is 5.99. The molecule has 3 aromatic rings. The van der Waals surface area contributed by atoms with E-state index in [1.807, 2.05) is 53.1 Å². The zero-order valence-corrected chi connectivity index (χ0v) is 14.2. The minimum absolute atomic E-state index is 0.661. The van der Waals surface area contributed by atoms with Gasteiger partial charge in [0.15, 0.2) is 11.6 Å². The quantitative estimate of drug-likeness (QED) is 0.551. The summed E-state index contributed by atoms with van der Waals surface area (Å²) < 4.78 is 1.99. The van der Waals surface area contributed by atoms with Crippen LogP contribution in [-0.2, 0) is 13.0 Å². The molecule has 0 amide bonds. The smallest absolute Gasteiger partial charge is 0.191 e. The number of aliphatic imine (C=N–C) groups is 1. The molecule has 0 saturated heterocycles. The molecule has 0 radical (unpaired) electrons. The monoisotopic (exact) mass is 342 g/mol. The number of aromatic nitrogens is 3. The van der Waals surface area contributed by atoms with Crippen molar-refractivity contribution < 1.29 is 0 Å². The summed E-state index contributed by atoms with van der Waals surface area (Å²) in [5.41, 5.74) is 1.96. The highest BCUT2D eigenvalue weighted by molar-refractivity contribution is 6.30. The third kappa shape index (κ3) is 4.02. The molecule has 2 aromatic heterocycles. The molecule has 1 aromatic carbocycles. The molecule has 0 saturated carbocycles. The van der Waals surface area contributed by atoms with Crippen molar-refractivity contribution >= 4 is 23.2 Å². The van der Waals surface area contributed by atoms with Gasteiger partial charge in [-0.15, -0.1) is 10.2 Å². The van der Waals surface area contributed by atoms with Crippen molar-refractivity contribution in [1.82, 2.24) is 25.2 Å². The van der Waals surface area contributed by atoms with E-state index in [1.165, 1.54) is 0 Å². The summed E-state index contributed by atoms with van der Waals surface area (Å²) in [6, 6.07) is 13.6. The molecule has 7 heteroatoms. The molecule has 0 spiro atoms. The second-order valence-corrected chi connectivity index (χ2v) is 5.71. The van der Waals surface area contributed by atoms with Gasteiger partial charge in [0.05, 0.1) is 0 Å². The lowest BCUT2D eigenvalue weighted by atomic mass is 10.2. The van der Waals surface area contributed by atoms with Gasteiger partial charge in [0, 0.05) is 37.8 Å². The second kappa shape index (κ2) is 7.79. The molecular weight excluding hydrogens is 324 g/mol. The first-order valence-electron chi connectivity index (χ1n) is 7.74. The predicted octanol–water partition coefficient (Wildman–Crippen LogP) is 2.29. The van der Waals surface area contributed by atoms with Crippen molar-refractivity contribution in [1.29, 1.82) is 0 Å². The molecule has 2 N–H and O–H groups in total. The van der Waals surface area contributed by atoms with Crippen LogP contribution in [0.25, 0.3) is 5.65 Å². The lowest BCUT2D eigenvalue weighted by Crippen LogP contribution is -2.38. The largest absolute Gasteiger partial charge is 0.356 e. The number of pyridine rings is 1. The number of halogens is 1. The predicted molar refractivity (Wildman–Crippen MR) is 96.3 cm³/mol. The fourth-order valence-corrected chi connectivity index (χ4v) is 2.62. The van der Waals surface area contributed by atoms with Crippen LogP contribution >= 0.6 is 11.6 Å². The lowest BCUT2D eigenvalue weighted by Gasteiger charge is -2.11. The Labute approximate surface area is 145 Å². The van der Waals surface area contributed by atoms with Crippen LogP contribution in [-0.4, -0.2) is 34.2 Å². The van der Waals surface area contributed by atoms with Gasteiger partial charge >= 0.3 is 0 Å². The molecule has 6 nitrogen and oxygen atoms in total. The number of hydrogen-bond donors (Lipinski definition) is 2. The van der Waals surface area contributed by atoms with Crippen LogP contribution < -0.4 is 10.6 Å². The van der Waals surface area contributed by atoms with E-state index in [0.717, 1.165) is 34.4 Å². The van der Waals surface area contributed by atoms with Crippen LogP contribution in [0.4, 0.5) is 0 Å². The molecule has 24 heavy (non-hydrogen) atoms. The van der Waals surface area contributed by atoms with E-state index >= 15 is 0 Å². The number of nitrogens with zero attached hydrogens (tertiary/aromatic N) is 4. The van der Waals surface area contributed by atoms with E-state index in [0.29, 0.717) is 13.1 Å². The maximum absolute atomic E-state index is 5.99. The molecule has 0 atom stereocenters. The van der Waals surface area contributed by atoms with Gasteiger partial charge < -0.3 is 10.6 Å². The molecule has 0 aliphatic heterocycles. The minimum Gasteiger partial charge on any atom is -0.356 e. The zero-order valence-electron chi connectivity index (χ0n) is 13.4. The molecular formula is C17H19ClN6. The summed E-state index contributed by atoms with van der Waals surface area (Å²) in [5.74, 6) is 1.66. The average Bonchev–Trinajstić information content (AvgIpc) is 3.01. The Hall–Kier alpha value is -2.60. The van der Waals surface area contributed by atoms with Crippen molar-refractivity contribution in [3.05, 3.63) is 65.1 Å². The molecule has 0 bridgehead atoms. The highest BCUT2D eigenvalue weighted by atomic mass is 35.5. The van der Waals surface area contributed by atoms with Gasteiger partial charge in [-0.05, 0) is 29.8 Å². The Morgan fingerprint density at radius 2 is 2.08 bits per heavy atom. The van der Waals surface area contributed by atoms with E-state index in [-0.39, 0.29) is 0 Å². The Morgan fingerprint density at radius 3 is 2.92 bits per heavy atom. The van der Waals surface area contributed by atoms with E-state index in [1.54, 1.807) is 7.05 Å². The van der Waals surface area contributed by atoms with Gasteiger partial charge in [-0.2, -0.15) is 0 Å². The van der Waals surface area contributed by atoms with Gasteiger partial charge in [-0.3, -0.25) is 9.39 Å². The van der Waals surface area contributed by atoms with Crippen LogP contribution in [0.3, 0.4) is 0 Å². The number of nitrogens with one attached hydrogen (secondary N) is 2. The zero-order chi connectivity index (χ0) is 16.8. The summed E-state index contributed by atoms with van der Waals surface area (Å²) in [6.45, 7) is 1.37. The fourth-order valence-electron chi connectivity index (χ4n) is 2.41. The average molecular weight is 343 g/mol. The van der Waals surface area contributed by atoms with E-state index in [4.69, 9.17) is 11.6 Å². The van der Waals surface area contributed by atoms with E-state index in [9.17, 15) is 0 Å². The maximum Gasteiger partial charge on any atom is 0.191 e. The summed E-state index contributed by atoms with van der Waals surface area (Å²) in [5, 5.41) is 15.6. The Kier molecular flexibility index (Phi) is 5.28. The Bertz CT molecular complexity index is 842. The Balaban J connectivity index is 1.51. The standard InChI is InChI=1S/C17H19ClN6/c1-19-17(21-12-13-5-4-6-14(18)11-13)20-9-8-16-23-22-15-7-2-3-10-24(15)16/h2-7,10-11H,8-9,12H2,1H3,(H2,19,20,21). The van der Waals surface area contributed by atoms with Gasteiger partial charge in [-0.1, -0.05) is 29.8 Å².